The highest BCUT2D eigenvalue weighted by Crippen LogP contribution is 2.33. The van der Waals surface area contributed by atoms with Crippen LogP contribution in [0.4, 0.5) is 4.39 Å². The number of aryl methyl sites for hydroxylation is 2. The second-order valence-electron chi connectivity index (χ2n) is 4.46. The predicted molar refractivity (Wildman–Crippen MR) is 72.7 cm³/mol. The maximum absolute atomic E-state index is 13.6. The van der Waals surface area contributed by atoms with E-state index in [0.29, 0.717) is 16.3 Å². The molecule has 0 spiro atoms. The molecule has 0 aliphatic carbocycles. The van der Waals surface area contributed by atoms with Gasteiger partial charge < -0.3 is 5.11 Å². The van der Waals surface area contributed by atoms with E-state index in [2.05, 4.69) is 9.97 Å². The fourth-order valence-electron chi connectivity index (χ4n) is 1.62. The first kappa shape index (κ1) is 14.0. The molecule has 0 fully saturated rings. The molecule has 1 N–H and O–H groups in total. The molecular weight excluding hydrogens is 263 g/mol. The summed E-state index contributed by atoms with van der Waals surface area (Å²) in [5, 5.41) is 10.3. The van der Waals surface area contributed by atoms with E-state index in [1.165, 1.54) is 17.8 Å². The van der Waals surface area contributed by atoms with Crippen LogP contribution in [0.25, 0.3) is 0 Å². The maximum Gasteiger partial charge on any atom is 0.192 e. The Kier molecular flexibility index (Phi) is 4.17. The summed E-state index contributed by atoms with van der Waals surface area (Å²) in [6.45, 7) is 5.23. The van der Waals surface area contributed by atoms with Crippen LogP contribution in [0.2, 0.25) is 0 Å². The second kappa shape index (κ2) is 5.67. The normalized spacial score (nSPS) is 12.5. The lowest BCUT2D eigenvalue weighted by Crippen LogP contribution is -1.98. The first-order chi connectivity index (χ1) is 8.97. The molecule has 2 aromatic rings. The van der Waals surface area contributed by atoms with Crippen molar-refractivity contribution >= 4 is 11.8 Å². The van der Waals surface area contributed by atoms with Crippen LogP contribution in [-0.2, 0) is 0 Å². The molecule has 19 heavy (non-hydrogen) atoms. The first-order valence-corrected chi connectivity index (χ1v) is 6.73. The van der Waals surface area contributed by atoms with Crippen LogP contribution in [0.5, 0.6) is 0 Å². The summed E-state index contributed by atoms with van der Waals surface area (Å²) in [6, 6.07) is 3.09. The minimum atomic E-state index is -0.733. The number of nitrogens with zero attached hydrogens (tertiary/aromatic N) is 2. The zero-order valence-corrected chi connectivity index (χ0v) is 11.8. The van der Waals surface area contributed by atoms with E-state index in [0.717, 1.165) is 10.5 Å². The van der Waals surface area contributed by atoms with E-state index in [4.69, 9.17) is 0 Å². The van der Waals surface area contributed by atoms with Gasteiger partial charge in [-0.1, -0.05) is 0 Å². The van der Waals surface area contributed by atoms with E-state index in [-0.39, 0.29) is 5.82 Å². The van der Waals surface area contributed by atoms with Gasteiger partial charge in [0.05, 0.1) is 6.10 Å². The van der Waals surface area contributed by atoms with Crippen LogP contribution in [0.1, 0.15) is 29.7 Å². The van der Waals surface area contributed by atoms with E-state index in [9.17, 15) is 9.50 Å². The van der Waals surface area contributed by atoms with Crippen molar-refractivity contribution in [2.24, 2.45) is 0 Å². The van der Waals surface area contributed by atoms with E-state index >= 15 is 0 Å². The number of aliphatic hydroxyl groups excluding tert-OH is 1. The van der Waals surface area contributed by atoms with Crippen molar-refractivity contribution in [1.29, 1.82) is 0 Å². The molecular formula is C14H15FN2OS. The van der Waals surface area contributed by atoms with Crippen molar-refractivity contribution in [3.63, 3.8) is 0 Å². The first-order valence-electron chi connectivity index (χ1n) is 5.92. The number of aliphatic hydroxyl groups is 1. The molecule has 1 atom stereocenters. The van der Waals surface area contributed by atoms with Gasteiger partial charge in [0, 0.05) is 17.3 Å². The molecule has 3 nitrogen and oxygen atoms in total. The second-order valence-corrected chi connectivity index (χ2v) is 5.47. The Morgan fingerprint density at radius 3 is 2.42 bits per heavy atom. The Morgan fingerprint density at radius 2 is 1.84 bits per heavy atom. The third-order valence-corrected chi connectivity index (χ3v) is 3.67. The number of hydrogen-bond donors (Lipinski definition) is 1. The van der Waals surface area contributed by atoms with Crippen LogP contribution in [0, 0.1) is 19.7 Å². The van der Waals surface area contributed by atoms with Gasteiger partial charge >= 0.3 is 0 Å². The molecule has 1 unspecified atom stereocenters. The van der Waals surface area contributed by atoms with Crippen molar-refractivity contribution in [3.05, 3.63) is 47.0 Å². The molecule has 1 aromatic carbocycles. The molecule has 0 aliphatic heterocycles. The van der Waals surface area contributed by atoms with Gasteiger partial charge in [0.2, 0.25) is 0 Å². The Hall–Kier alpha value is -1.46. The van der Waals surface area contributed by atoms with Gasteiger partial charge in [0.1, 0.15) is 5.82 Å². The van der Waals surface area contributed by atoms with Gasteiger partial charge in [0.25, 0.3) is 0 Å². The number of rotatable bonds is 3. The molecule has 0 amide bonds. The van der Waals surface area contributed by atoms with Crippen LogP contribution >= 0.6 is 11.8 Å². The molecule has 100 valence electrons. The number of halogens is 1. The molecule has 0 saturated heterocycles. The lowest BCUT2D eigenvalue weighted by molar-refractivity contribution is 0.196. The van der Waals surface area contributed by atoms with Crippen LogP contribution < -0.4 is 0 Å². The highest BCUT2D eigenvalue weighted by Gasteiger charge is 2.13. The monoisotopic (exact) mass is 278 g/mol. The van der Waals surface area contributed by atoms with Gasteiger partial charge in [-0.3, -0.25) is 0 Å². The minimum absolute atomic E-state index is 0.315. The Labute approximate surface area is 115 Å². The molecule has 2 rings (SSSR count). The fraction of sp³-hybridized carbons (Fsp3) is 0.286. The maximum atomic E-state index is 13.6. The summed E-state index contributed by atoms with van der Waals surface area (Å²) < 4.78 is 13.6. The van der Waals surface area contributed by atoms with Gasteiger partial charge in [-0.2, -0.15) is 0 Å². The van der Waals surface area contributed by atoms with Gasteiger partial charge in [-0.25, -0.2) is 14.4 Å². The molecule has 5 heteroatoms. The highest BCUT2D eigenvalue weighted by molar-refractivity contribution is 7.99. The average molecular weight is 278 g/mol. The van der Waals surface area contributed by atoms with E-state index in [1.54, 1.807) is 32.3 Å². The van der Waals surface area contributed by atoms with Crippen molar-refractivity contribution in [2.45, 2.75) is 36.9 Å². The molecule has 0 radical (unpaired) electrons. The van der Waals surface area contributed by atoms with Crippen LogP contribution in [0.3, 0.4) is 0 Å². The predicted octanol–water partition coefficient (Wildman–Crippen LogP) is 3.44. The summed E-state index contributed by atoms with van der Waals surface area (Å²) in [6.07, 6.45) is 2.73. The molecule has 0 aliphatic rings. The lowest BCUT2D eigenvalue weighted by Gasteiger charge is -2.12. The Bertz CT molecular complexity index is 585. The Morgan fingerprint density at radius 1 is 1.21 bits per heavy atom. The summed E-state index contributed by atoms with van der Waals surface area (Å²) in [4.78, 5) is 9.18. The van der Waals surface area contributed by atoms with Gasteiger partial charge in [0.15, 0.2) is 5.16 Å². The molecule has 1 heterocycles. The van der Waals surface area contributed by atoms with Crippen LogP contribution in [-0.4, -0.2) is 15.1 Å². The smallest absolute Gasteiger partial charge is 0.192 e. The standard InChI is InChI=1S/C14H15FN2OS/c1-8-6-16-14(17-7-8)19-13-4-9(2)12(15)5-11(13)10(3)18/h4-7,10,18H,1-3H3. The topological polar surface area (TPSA) is 46.0 Å². The lowest BCUT2D eigenvalue weighted by atomic mass is 10.1. The van der Waals surface area contributed by atoms with Crippen LogP contribution in [0.15, 0.2) is 34.6 Å². The van der Waals surface area contributed by atoms with Gasteiger partial charge in [-0.05, 0) is 61.4 Å². The molecule has 1 aromatic heterocycles. The van der Waals surface area contributed by atoms with E-state index in [1.807, 2.05) is 6.92 Å². The average Bonchev–Trinajstić information content (AvgIpc) is 2.36. The summed E-state index contributed by atoms with van der Waals surface area (Å²) in [5.41, 5.74) is 2.08. The molecule has 0 saturated carbocycles. The fourth-order valence-corrected chi connectivity index (χ4v) is 2.61. The van der Waals surface area contributed by atoms with Crippen molar-refractivity contribution in [1.82, 2.24) is 9.97 Å². The summed E-state index contributed by atoms with van der Waals surface area (Å²) in [7, 11) is 0. The number of aromatic nitrogens is 2. The third kappa shape index (κ3) is 3.30. The largest absolute Gasteiger partial charge is 0.389 e. The van der Waals surface area contributed by atoms with Crippen molar-refractivity contribution in [2.75, 3.05) is 0 Å². The number of benzene rings is 1. The highest BCUT2D eigenvalue weighted by atomic mass is 32.2. The molecule has 0 bridgehead atoms. The van der Waals surface area contributed by atoms with E-state index < -0.39 is 6.10 Å². The zero-order valence-electron chi connectivity index (χ0n) is 11.0. The SMILES string of the molecule is Cc1cnc(Sc2cc(C)c(F)cc2C(C)O)nc1. The summed E-state index contributed by atoms with van der Waals surface area (Å²) >= 11 is 1.33. The van der Waals surface area contributed by atoms with Crippen molar-refractivity contribution in [3.8, 4) is 0 Å². The minimum Gasteiger partial charge on any atom is -0.389 e. The quantitative estimate of drug-likeness (QED) is 0.874. The third-order valence-electron chi connectivity index (χ3n) is 2.70. The number of hydrogen-bond acceptors (Lipinski definition) is 4. The zero-order chi connectivity index (χ0) is 14.0. The summed E-state index contributed by atoms with van der Waals surface area (Å²) in [5.74, 6) is -0.315. The van der Waals surface area contributed by atoms with Crippen molar-refractivity contribution < 1.29 is 9.50 Å². The Balaban J connectivity index is 2.38. The van der Waals surface area contributed by atoms with Gasteiger partial charge in [-0.15, -0.1) is 0 Å².